The first-order valence-corrected chi connectivity index (χ1v) is 5.00. The predicted octanol–water partition coefficient (Wildman–Crippen LogP) is 3.19. The van der Waals surface area contributed by atoms with Crippen LogP contribution in [-0.2, 0) is 6.42 Å². The first kappa shape index (κ1) is 8.51. The minimum absolute atomic E-state index is 0.180. The standard InChI is InChI=1S/C10H10FNS/c1-2-6-3-4-8(11)7-5-9(12)13-10(6)7/h3-5H,2,12H2,1H3. The molecule has 2 N–H and O–H groups in total. The normalized spacial score (nSPS) is 10.9. The van der Waals surface area contributed by atoms with E-state index in [2.05, 4.69) is 6.92 Å². The first-order valence-electron chi connectivity index (χ1n) is 4.18. The molecule has 0 radical (unpaired) electrons. The third kappa shape index (κ3) is 1.29. The molecule has 68 valence electrons. The van der Waals surface area contributed by atoms with Gasteiger partial charge < -0.3 is 5.73 Å². The van der Waals surface area contributed by atoms with E-state index in [9.17, 15) is 4.39 Å². The minimum Gasteiger partial charge on any atom is -0.391 e. The first-order chi connectivity index (χ1) is 6.22. The van der Waals surface area contributed by atoms with Gasteiger partial charge in [0.1, 0.15) is 5.82 Å². The Morgan fingerprint density at radius 2 is 2.23 bits per heavy atom. The summed E-state index contributed by atoms with van der Waals surface area (Å²) in [6.45, 7) is 2.06. The molecule has 1 aromatic heterocycles. The van der Waals surface area contributed by atoms with Gasteiger partial charge in [-0.05, 0) is 24.1 Å². The molecule has 13 heavy (non-hydrogen) atoms. The second-order valence-electron chi connectivity index (χ2n) is 2.95. The summed E-state index contributed by atoms with van der Waals surface area (Å²) >= 11 is 1.46. The fourth-order valence-corrected chi connectivity index (χ4v) is 2.47. The molecule has 0 bridgehead atoms. The molecule has 0 aliphatic carbocycles. The molecule has 0 aliphatic rings. The molecule has 0 saturated heterocycles. The van der Waals surface area contributed by atoms with E-state index in [1.165, 1.54) is 17.4 Å². The summed E-state index contributed by atoms with van der Waals surface area (Å²) in [6, 6.07) is 5.04. The highest BCUT2D eigenvalue weighted by molar-refractivity contribution is 7.22. The van der Waals surface area contributed by atoms with Gasteiger partial charge in [-0.25, -0.2) is 4.39 Å². The van der Waals surface area contributed by atoms with Crippen molar-refractivity contribution in [3.8, 4) is 0 Å². The third-order valence-corrected chi connectivity index (χ3v) is 3.15. The molecule has 0 saturated carbocycles. The number of nitrogens with two attached hydrogens (primary N) is 1. The molecule has 0 aliphatic heterocycles. The smallest absolute Gasteiger partial charge is 0.131 e. The Morgan fingerprint density at radius 1 is 1.46 bits per heavy atom. The van der Waals surface area contributed by atoms with Gasteiger partial charge in [0.05, 0.1) is 5.00 Å². The molecule has 0 amide bonds. The zero-order valence-electron chi connectivity index (χ0n) is 7.30. The van der Waals surface area contributed by atoms with Crippen LogP contribution in [-0.4, -0.2) is 0 Å². The van der Waals surface area contributed by atoms with E-state index < -0.39 is 0 Å². The van der Waals surface area contributed by atoms with Gasteiger partial charge in [0.25, 0.3) is 0 Å². The second-order valence-corrected chi connectivity index (χ2v) is 4.04. The Labute approximate surface area is 80.0 Å². The Morgan fingerprint density at radius 3 is 2.92 bits per heavy atom. The predicted molar refractivity (Wildman–Crippen MR) is 55.6 cm³/mol. The molecule has 2 rings (SSSR count). The largest absolute Gasteiger partial charge is 0.391 e. The Bertz CT molecular complexity index is 447. The number of anilines is 1. The van der Waals surface area contributed by atoms with Gasteiger partial charge in [0, 0.05) is 10.1 Å². The van der Waals surface area contributed by atoms with Crippen molar-refractivity contribution in [3.05, 3.63) is 29.6 Å². The van der Waals surface area contributed by atoms with Crippen molar-refractivity contribution >= 4 is 26.4 Å². The quantitative estimate of drug-likeness (QED) is 0.743. The summed E-state index contributed by atoms with van der Waals surface area (Å²) in [5, 5.41) is 1.33. The lowest BCUT2D eigenvalue weighted by Crippen LogP contribution is -1.82. The van der Waals surface area contributed by atoms with Crippen LogP contribution >= 0.6 is 11.3 Å². The maximum absolute atomic E-state index is 13.3. The minimum atomic E-state index is -0.180. The Hall–Kier alpha value is -1.09. The van der Waals surface area contributed by atoms with Gasteiger partial charge in [-0.2, -0.15) is 0 Å². The molecule has 0 atom stereocenters. The lowest BCUT2D eigenvalue weighted by atomic mass is 10.1. The molecule has 0 fully saturated rings. The highest BCUT2D eigenvalue weighted by Crippen LogP contribution is 2.32. The highest BCUT2D eigenvalue weighted by Gasteiger charge is 2.07. The topological polar surface area (TPSA) is 26.0 Å². The van der Waals surface area contributed by atoms with Crippen LogP contribution in [0, 0.1) is 5.82 Å². The van der Waals surface area contributed by atoms with Crippen LogP contribution in [0.1, 0.15) is 12.5 Å². The monoisotopic (exact) mass is 195 g/mol. The van der Waals surface area contributed by atoms with Gasteiger partial charge >= 0.3 is 0 Å². The van der Waals surface area contributed by atoms with Crippen LogP contribution in [0.5, 0.6) is 0 Å². The number of benzene rings is 1. The average molecular weight is 195 g/mol. The van der Waals surface area contributed by atoms with Gasteiger partial charge in [0.2, 0.25) is 0 Å². The van der Waals surface area contributed by atoms with Gasteiger partial charge in [-0.1, -0.05) is 13.0 Å². The maximum atomic E-state index is 13.3. The van der Waals surface area contributed by atoms with Crippen LogP contribution in [0.25, 0.3) is 10.1 Å². The zero-order valence-corrected chi connectivity index (χ0v) is 8.12. The molecule has 0 unspecified atom stereocenters. The summed E-state index contributed by atoms with van der Waals surface area (Å²) in [4.78, 5) is 0. The molecule has 1 nitrogen and oxygen atoms in total. The van der Waals surface area contributed by atoms with Gasteiger partial charge in [-0.3, -0.25) is 0 Å². The number of thiophene rings is 1. The van der Waals surface area contributed by atoms with Crippen molar-refractivity contribution in [1.82, 2.24) is 0 Å². The number of aryl methyl sites for hydroxylation is 1. The van der Waals surface area contributed by atoms with E-state index in [0.29, 0.717) is 10.4 Å². The highest BCUT2D eigenvalue weighted by atomic mass is 32.1. The van der Waals surface area contributed by atoms with E-state index in [1.54, 1.807) is 6.07 Å². The van der Waals surface area contributed by atoms with Crippen LogP contribution < -0.4 is 5.73 Å². The Kier molecular flexibility index (Phi) is 1.96. The van der Waals surface area contributed by atoms with E-state index in [4.69, 9.17) is 5.73 Å². The third-order valence-electron chi connectivity index (χ3n) is 2.11. The number of halogens is 1. The fraction of sp³-hybridized carbons (Fsp3) is 0.200. The molecule has 0 spiro atoms. The zero-order chi connectivity index (χ0) is 9.42. The van der Waals surface area contributed by atoms with Gasteiger partial charge in [0.15, 0.2) is 0 Å². The number of fused-ring (bicyclic) bond motifs is 1. The van der Waals surface area contributed by atoms with Crippen molar-refractivity contribution < 1.29 is 4.39 Å². The molecule has 3 heteroatoms. The summed E-state index contributed by atoms with van der Waals surface area (Å²) in [5.74, 6) is -0.180. The van der Waals surface area contributed by atoms with Crippen molar-refractivity contribution in [1.29, 1.82) is 0 Å². The number of rotatable bonds is 1. The molecular formula is C10H10FNS. The van der Waals surface area contributed by atoms with Crippen LogP contribution in [0.15, 0.2) is 18.2 Å². The summed E-state index contributed by atoms with van der Waals surface area (Å²) in [6.07, 6.45) is 0.913. The van der Waals surface area contributed by atoms with Crippen molar-refractivity contribution in [2.24, 2.45) is 0 Å². The number of hydrogen-bond acceptors (Lipinski definition) is 2. The van der Waals surface area contributed by atoms with E-state index in [0.717, 1.165) is 16.7 Å². The molecule has 1 aromatic carbocycles. The van der Waals surface area contributed by atoms with E-state index in [-0.39, 0.29) is 5.82 Å². The van der Waals surface area contributed by atoms with E-state index >= 15 is 0 Å². The molecule has 2 aromatic rings. The molecule has 1 heterocycles. The summed E-state index contributed by atoms with van der Waals surface area (Å²) in [7, 11) is 0. The number of nitrogen functional groups attached to an aromatic ring is 1. The fourth-order valence-electron chi connectivity index (χ4n) is 1.44. The lowest BCUT2D eigenvalue weighted by molar-refractivity contribution is 0.640. The number of hydrogen-bond donors (Lipinski definition) is 1. The van der Waals surface area contributed by atoms with Crippen LogP contribution in [0.3, 0.4) is 0 Å². The van der Waals surface area contributed by atoms with Crippen molar-refractivity contribution in [2.75, 3.05) is 5.73 Å². The second kappa shape index (κ2) is 3.00. The van der Waals surface area contributed by atoms with E-state index in [1.807, 2.05) is 6.07 Å². The van der Waals surface area contributed by atoms with Crippen LogP contribution in [0.4, 0.5) is 9.39 Å². The average Bonchev–Trinajstić information content (AvgIpc) is 2.48. The van der Waals surface area contributed by atoms with Crippen molar-refractivity contribution in [3.63, 3.8) is 0 Å². The SMILES string of the molecule is CCc1ccc(F)c2cc(N)sc12. The maximum Gasteiger partial charge on any atom is 0.131 e. The van der Waals surface area contributed by atoms with Crippen LogP contribution in [0.2, 0.25) is 0 Å². The van der Waals surface area contributed by atoms with Gasteiger partial charge in [-0.15, -0.1) is 11.3 Å². The summed E-state index contributed by atoms with van der Waals surface area (Å²) in [5.41, 5.74) is 6.80. The molecular weight excluding hydrogens is 185 g/mol. The van der Waals surface area contributed by atoms with Crippen molar-refractivity contribution in [2.45, 2.75) is 13.3 Å². The Balaban J connectivity index is 2.83. The lowest BCUT2D eigenvalue weighted by Gasteiger charge is -1.98. The summed E-state index contributed by atoms with van der Waals surface area (Å²) < 4.78 is 14.3.